The number of fused-ring (bicyclic) bond motifs is 2. The molecule has 3 fully saturated rings. The van der Waals surface area contributed by atoms with E-state index in [9.17, 15) is 8.42 Å². The first-order chi connectivity index (χ1) is 7.66. The van der Waals surface area contributed by atoms with Crippen LogP contribution in [-0.2, 0) is 9.84 Å². The first kappa shape index (κ1) is 11.0. The van der Waals surface area contributed by atoms with Crippen LogP contribution in [0.1, 0.15) is 25.7 Å². The molecular formula is C11H20N2O2S. The van der Waals surface area contributed by atoms with Crippen molar-refractivity contribution in [3.05, 3.63) is 0 Å². The van der Waals surface area contributed by atoms with Gasteiger partial charge in [-0.1, -0.05) is 0 Å². The van der Waals surface area contributed by atoms with Gasteiger partial charge < -0.3 is 5.32 Å². The van der Waals surface area contributed by atoms with Crippen LogP contribution in [0.2, 0.25) is 0 Å². The van der Waals surface area contributed by atoms with E-state index in [1.54, 1.807) is 0 Å². The molecular weight excluding hydrogens is 224 g/mol. The number of hydrogen-bond acceptors (Lipinski definition) is 4. The molecule has 2 bridgehead atoms. The Bertz CT molecular complexity index is 354. The highest BCUT2D eigenvalue weighted by atomic mass is 32.2. The molecule has 3 aliphatic rings. The molecule has 3 unspecified atom stereocenters. The Morgan fingerprint density at radius 2 is 1.81 bits per heavy atom. The van der Waals surface area contributed by atoms with E-state index in [4.69, 9.17) is 0 Å². The summed E-state index contributed by atoms with van der Waals surface area (Å²) in [4.78, 5) is 2.53. The third kappa shape index (κ3) is 1.89. The van der Waals surface area contributed by atoms with Crippen molar-refractivity contribution in [2.45, 2.75) is 43.8 Å². The van der Waals surface area contributed by atoms with Gasteiger partial charge in [-0.05, 0) is 32.2 Å². The Hall–Kier alpha value is -0.130. The minimum Gasteiger partial charge on any atom is -0.315 e. The average Bonchev–Trinajstić information content (AvgIpc) is 2.65. The molecule has 4 nitrogen and oxygen atoms in total. The lowest BCUT2D eigenvalue weighted by molar-refractivity contribution is 0.150. The molecule has 3 saturated heterocycles. The minimum absolute atomic E-state index is 0.308. The van der Waals surface area contributed by atoms with Gasteiger partial charge in [0.25, 0.3) is 0 Å². The summed E-state index contributed by atoms with van der Waals surface area (Å²) >= 11 is 0. The molecule has 1 N–H and O–H groups in total. The van der Waals surface area contributed by atoms with Crippen LogP contribution in [0.15, 0.2) is 0 Å². The van der Waals surface area contributed by atoms with Crippen molar-refractivity contribution in [1.82, 2.24) is 10.2 Å². The highest BCUT2D eigenvalue weighted by molar-refractivity contribution is 7.91. The van der Waals surface area contributed by atoms with E-state index in [0.29, 0.717) is 29.6 Å². The Morgan fingerprint density at radius 1 is 1.00 bits per heavy atom. The SMILES string of the molecule is O=S1(=O)CCC(N2C3CCNCC2CC3)C1. The second kappa shape index (κ2) is 3.96. The first-order valence-corrected chi connectivity index (χ1v) is 8.16. The highest BCUT2D eigenvalue weighted by Gasteiger charge is 2.42. The molecule has 0 aromatic carbocycles. The summed E-state index contributed by atoms with van der Waals surface area (Å²) < 4.78 is 23.1. The zero-order chi connectivity index (χ0) is 11.2. The van der Waals surface area contributed by atoms with E-state index in [1.165, 1.54) is 19.3 Å². The highest BCUT2D eigenvalue weighted by Crippen LogP contribution is 2.33. The average molecular weight is 244 g/mol. The normalized spacial score (nSPS) is 43.4. The Kier molecular flexibility index (Phi) is 2.72. The molecule has 0 spiro atoms. The van der Waals surface area contributed by atoms with Gasteiger partial charge >= 0.3 is 0 Å². The van der Waals surface area contributed by atoms with Crippen LogP contribution in [0.3, 0.4) is 0 Å². The Labute approximate surface area is 97.3 Å². The first-order valence-electron chi connectivity index (χ1n) is 6.34. The van der Waals surface area contributed by atoms with Crippen molar-refractivity contribution in [2.24, 2.45) is 0 Å². The topological polar surface area (TPSA) is 49.4 Å². The van der Waals surface area contributed by atoms with Crippen molar-refractivity contribution in [3.63, 3.8) is 0 Å². The standard InChI is InChI=1S/C11H20N2O2S/c14-16(15)6-4-11(8-16)13-9-1-2-10(13)7-12-5-3-9/h9-12H,1-8H2. The van der Waals surface area contributed by atoms with E-state index in [-0.39, 0.29) is 0 Å². The monoisotopic (exact) mass is 244 g/mol. The fraction of sp³-hybridized carbons (Fsp3) is 1.00. The van der Waals surface area contributed by atoms with E-state index in [0.717, 1.165) is 19.5 Å². The largest absolute Gasteiger partial charge is 0.315 e. The van der Waals surface area contributed by atoms with Crippen molar-refractivity contribution in [3.8, 4) is 0 Å². The lowest BCUT2D eigenvalue weighted by Gasteiger charge is -2.32. The molecule has 0 amide bonds. The van der Waals surface area contributed by atoms with Gasteiger partial charge in [0.2, 0.25) is 0 Å². The van der Waals surface area contributed by atoms with Gasteiger partial charge in [-0.3, -0.25) is 4.90 Å². The Balaban J connectivity index is 1.79. The molecule has 3 rings (SSSR count). The fourth-order valence-electron chi connectivity index (χ4n) is 3.63. The molecule has 0 aliphatic carbocycles. The molecule has 3 heterocycles. The fourth-order valence-corrected chi connectivity index (χ4v) is 5.35. The smallest absolute Gasteiger partial charge is 0.151 e. The van der Waals surface area contributed by atoms with Crippen molar-refractivity contribution in [1.29, 1.82) is 0 Å². The maximum absolute atomic E-state index is 11.6. The molecule has 0 aromatic heterocycles. The summed E-state index contributed by atoms with van der Waals surface area (Å²) in [6.45, 7) is 2.14. The van der Waals surface area contributed by atoms with Crippen LogP contribution >= 0.6 is 0 Å². The van der Waals surface area contributed by atoms with Crippen LogP contribution in [0.5, 0.6) is 0 Å². The van der Waals surface area contributed by atoms with Crippen molar-refractivity contribution < 1.29 is 8.42 Å². The summed E-state index contributed by atoms with van der Waals surface area (Å²) in [5.74, 6) is 0.807. The van der Waals surface area contributed by atoms with Gasteiger partial charge in [0, 0.05) is 24.7 Å². The molecule has 0 radical (unpaired) electrons. The second-order valence-corrected chi connectivity index (χ2v) is 7.61. The van der Waals surface area contributed by atoms with Crippen LogP contribution in [0.4, 0.5) is 0 Å². The zero-order valence-electron chi connectivity index (χ0n) is 9.56. The zero-order valence-corrected chi connectivity index (χ0v) is 10.4. The lowest BCUT2D eigenvalue weighted by Crippen LogP contribution is -2.45. The molecule has 92 valence electrons. The van der Waals surface area contributed by atoms with Crippen LogP contribution in [0.25, 0.3) is 0 Å². The summed E-state index contributed by atoms with van der Waals surface area (Å²) in [7, 11) is -2.74. The quantitative estimate of drug-likeness (QED) is 0.705. The van der Waals surface area contributed by atoms with Gasteiger partial charge in [0.15, 0.2) is 9.84 Å². The lowest BCUT2D eigenvalue weighted by atomic mass is 10.1. The van der Waals surface area contributed by atoms with Gasteiger partial charge in [-0.25, -0.2) is 8.42 Å². The third-order valence-electron chi connectivity index (χ3n) is 4.34. The Morgan fingerprint density at radius 3 is 2.56 bits per heavy atom. The maximum Gasteiger partial charge on any atom is 0.151 e. The number of sulfone groups is 1. The molecule has 0 aromatic rings. The summed E-state index contributed by atoms with van der Waals surface area (Å²) in [5, 5.41) is 3.46. The predicted molar refractivity (Wildman–Crippen MR) is 63.2 cm³/mol. The van der Waals surface area contributed by atoms with Crippen LogP contribution in [0, 0.1) is 0 Å². The van der Waals surface area contributed by atoms with Crippen molar-refractivity contribution in [2.75, 3.05) is 24.6 Å². The van der Waals surface area contributed by atoms with E-state index in [1.807, 2.05) is 0 Å². The number of nitrogens with zero attached hydrogens (tertiary/aromatic N) is 1. The van der Waals surface area contributed by atoms with Gasteiger partial charge in [-0.15, -0.1) is 0 Å². The second-order valence-electron chi connectivity index (χ2n) is 5.38. The maximum atomic E-state index is 11.6. The number of hydrogen-bond donors (Lipinski definition) is 1. The van der Waals surface area contributed by atoms with Gasteiger partial charge in [0.1, 0.15) is 0 Å². The van der Waals surface area contributed by atoms with E-state index in [2.05, 4.69) is 10.2 Å². The molecule has 5 heteroatoms. The van der Waals surface area contributed by atoms with Crippen molar-refractivity contribution >= 4 is 9.84 Å². The molecule has 3 aliphatic heterocycles. The number of rotatable bonds is 1. The number of nitrogens with one attached hydrogen (secondary N) is 1. The molecule has 3 atom stereocenters. The summed E-state index contributed by atoms with van der Waals surface area (Å²) in [6.07, 6.45) is 4.56. The van der Waals surface area contributed by atoms with Gasteiger partial charge in [0.05, 0.1) is 11.5 Å². The van der Waals surface area contributed by atoms with Gasteiger partial charge in [-0.2, -0.15) is 0 Å². The van der Waals surface area contributed by atoms with Crippen LogP contribution in [-0.4, -0.2) is 56.0 Å². The third-order valence-corrected chi connectivity index (χ3v) is 6.09. The minimum atomic E-state index is -2.74. The molecule has 0 saturated carbocycles. The summed E-state index contributed by atoms with van der Waals surface area (Å²) in [5.41, 5.74) is 0. The predicted octanol–water partition coefficient (Wildman–Crippen LogP) is -0.000200. The summed E-state index contributed by atoms with van der Waals surface area (Å²) in [6, 6.07) is 1.53. The van der Waals surface area contributed by atoms with E-state index >= 15 is 0 Å². The van der Waals surface area contributed by atoms with Crippen LogP contribution < -0.4 is 5.32 Å². The van der Waals surface area contributed by atoms with E-state index < -0.39 is 9.84 Å². The molecule has 16 heavy (non-hydrogen) atoms.